The molecule has 0 aliphatic heterocycles. The minimum atomic E-state index is -0.245. The fourth-order valence-electron chi connectivity index (χ4n) is 3.38. The molecule has 0 radical (unpaired) electrons. The average molecular weight is 415 g/mol. The van der Waals surface area contributed by atoms with Crippen molar-refractivity contribution in [3.8, 4) is 22.8 Å². The van der Waals surface area contributed by atoms with Gasteiger partial charge in [-0.05, 0) is 61.0 Å². The van der Waals surface area contributed by atoms with Gasteiger partial charge in [-0.1, -0.05) is 0 Å². The molecule has 0 spiro atoms. The Bertz CT molecular complexity index is 1420. The van der Waals surface area contributed by atoms with Crippen LogP contribution in [-0.2, 0) is 6.61 Å². The van der Waals surface area contributed by atoms with E-state index >= 15 is 0 Å². The van der Waals surface area contributed by atoms with Gasteiger partial charge in [0.15, 0.2) is 11.5 Å². The number of ether oxygens (including phenoxy) is 2. The van der Waals surface area contributed by atoms with Crippen LogP contribution in [0.15, 0.2) is 60.8 Å². The summed E-state index contributed by atoms with van der Waals surface area (Å²) in [6, 6.07) is 16.0. The van der Waals surface area contributed by atoms with Crippen molar-refractivity contribution in [1.29, 1.82) is 0 Å². The Morgan fingerprint density at radius 3 is 2.74 bits per heavy atom. The molecule has 0 saturated carbocycles. The van der Waals surface area contributed by atoms with E-state index in [1.807, 2.05) is 30.3 Å². The van der Waals surface area contributed by atoms with E-state index in [4.69, 9.17) is 9.47 Å². The summed E-state index contributed by atoms with van der Waals surface area (Å²) in [6.45, 7) is 1.90. The molecule has 2 aromatic carbocycles. The summed E-state index contributed by atoms with van der Waals surface area (Å²) in [7, 11) is 1.62. The Kier molecular flexibility index (Phi) is 4.66. The molecule has 0 amide bonds. The Hall–Kier alpha value is -4.07. The molecule has 0 fully saturated rings. The van der Waals surface area contributed by atoms with E-state index in [2.05, 4.69) is 20.3 Å². The zero-order chi connectivity index (χ0) is 21.4. The molecule has 5 rings (SSSR count). The van der Waals surface area contributed by atoms with Crippen LogP contribution in [0.25, 0.3) is 27.8 Å². The number of methoxy groups -OCH3 is 1. The Balaban J connectivity index is 1.46. The van der Waals surface area contributed by atoms with Crippen LogP contribution in [-0.4, -0.2) is 31.9 Å². The van der Waals surface area contributed by atoms with Gasteiger partial charge in [-0.15, -0.1) is 10.2 Å². The number of rotatable bonds is 5. The van der Waals surface area contributed by atoms with Crippen LogP contribution < -0.4 is 9.47 Å². The first-order chi connectivity index (χ1) is 15.1. The summed E-state index contributed by atoms with van der Waals surface area (Å²) in [5.41, 5.74) is 3.45. The number of benzene rings is 2. The number of fused-ring (bicyclic) bond motifs is 2. The van der Waals surface area contributed by atoms with Gasteiger partial charge in [0.1, 0.15) is 23.9 Å². The van der Waals surface area contributed by atoms with Gasteiger partial charge in [0.05, 0.1) is 18.3 Å². The Morgan fingerprint density at radius 1 is 1.00 bits per heavy atom. The third-order valence-corrected chi connectivity index (χ3v) is 5.05. The van der Waals surface area contributed by atoms with Gasteiger partial charge in [-0.3, -0.25) is 4.98 Å². The number of aryl methyl sites for hydroxylation is 1. The van der Waals surface area contributed by atoms with Gasteiger partial charge >= 0.3 is 0 Å². The SMILES string of the molecule is COc1ccc2c(OCc3nnc4ccc(-c5ccc(F)c(C)c5)nn34)ccnc2c1. The van der Waals surface area contributed by atoms with Crippen LogP contribution in [0.5, 0.6) is 11.5 Å². The zero-order valence-electron chi connectivity index (χ0n) is 16.9. The normalized spacial score (nSPS) is 11.2. The predicted octanol–water partition coefficient (Wildman–Crippen LogP) is 4.37. The number of pyridine rings is 1. The first-order valence-electron chi connectivity index (χ1n) is 9.66. The lowest BCUT2D eigenvalue weighted by Crippen LogP contribution is -2.05. The van der Waals surface area contributed by atoms with E-state index in [0.29, 0.717) is 28.5 Å². The summed E-state index contributed by atoms with van der Waals surface area (Å²) in [5.74, 6) is 1.71. The molecule has 31 heavy (non-hydrogen) atoms. The van der Waals surface area contributed by atoms with E-state index in [1.165, 1.54) is 6.07 Å². The molecule has 0 saturated heterocycles. The van der Waals surface area contributed by atoms with Crippen molar-refractivity contribution >= 4 is 16.6 Å². The van der Waals surface area contributed by atoms with Crippen LogP contribution in [0.3, 0.4) is 0 Å². The first-order valence-corrected chi connectivity index (χ1v) is 9.66. The predicted molar refractivity (Wildman–Crippen MR) is 114 cm³/mol. The maximum Gasteiger partial charge on any atom is 0.192 e. The van der Waals surface area contributed by atoms with Crippen LogP contribution in [0.4, 0.5) is 4.39 Å². The standard InChI is InChI=1S/C23H18FN5O2/c1-14-11-15(3-6-18(14)24)19-7-8-22-26-27-23(29(22)28-19)13-31-21-9-10-25-20-12-16(30-2)4-5-17(20)21/h3-12H,13H2,1-2H3. The monoisotopic (exact) mass is 415 g/mol. The van der Waals surface area contributed by atoms with Crippen molar-refractivity contribution in [2.75, 3.05) is 7.11 Å². The maximum atomic E-state index is 13.6. The molecule has 7 nitrogen and oxygen atoms in total. The van der Waals surface area contributed by atoms with Gasteiger partial charge < -0.3 is 9.47 Å². The highest BCUT2D eigenvalue weighted by Gasteiger charge is 2.12. The largest absolute Gasteiger partial charge is 0.497 e. The molecule has 0 N–H and O–H groups in total. The van der Waals surface area contributed by atoms with E-state index in [0.717, 1.165) is 22.2 Å². The second kappa shape index (κ2) is 7.64. The van der Waals surface area contributed by atoms with Crippen LogP contribution in [0, 0.1) is 12.7 Å². The number of halogens is 1. The summed E-state index contributed by atoms with van der Waals surface area (Å²) < 4.78 is 26.6. The van der Waals surface area contributed by atoms with Crippen LogP contribution in [0.2, 0.25) is 0 Å². The number of hydrogen-bond acceptors (Lipinski definition) is 6. The molecule has 5 aromatic rings. The molecule has 0 bridgehead atoms. The fraction of sp³-hybridized carbons (Fsp3) is 0.130. The number of aromatic nitrogens is 5. The highest BCUT2D eigenvalue weighted by atomic mass is 19.1. The molecular formula is C23H18FN5O2. The van der Waals surface area contributed by atoms with E-state index in [9.17, 15) is 4.39 Å². The van der Waals surface area contributed by atoms with Gasteiger partial charge in [0.25, 0.3) is 0 Å². The van der Waals surface area contributed by atoms with Crippen molar-refractivity contribution in [3.63, 3.8) is 0 Å². The quantitative estimate of drug-likeness (QED) is 0.424. The fourth-order valence-corrected chi connectivity index (χ4v) is 3.38. The average Bonchev–Trinajstić information content (AvgIpc) is 3.21. The van der Waals surface area contributed by atoms with Crippen molar-refractivity contribution in [2.24, 2.45) is 0 Å². The van der Waals surface area contributed by atoms with Crippen LogP contribution >= 0.6 is 0 Å². The van der Waals surface area contributed by atoms with Gasteiger partial charge in [-0.2, -0.15) is 9.61 Å². The summed E-state index contributed by atoms with van der Waals surface area (Å²) in [6.07, 6.45) is 1.69. The molecular weight excluding hydrogens is 397 g/mol. The van der Waals surface area contributed by atoms with Crippen molar-refractivity contribution < 1.29 is 13.9 Å². The van der Waals surface area contributed by atoms with E-state index < -0.39 is 0 Å². The Morgan fingerprint density at radius 2 is 1.90 bits per heavy atom. The number of hydrogen-bond donors (Lipinski definition) is 0. The molecule has 3 heterocycles. The van der Waals surface area contributed by atoms with Crippen molar-refractivity contribution in [3.05, 3.63) is 78.0 Å². The van der Waals surface area contributed by atoms with Gasteiger partial charge in [-0.25, -0.2) is 4.39 Å². The molecule has 0 aliphatic rings. The van der Waals surface area contributed by atoms with Gasteiger partial charge in [0.2, 0.25) is 0 Å². The second-order valence-corrected chi connectivity index (χ2v) is 7.05. The molecule has 0 atom stereocenters. The highest BCUT2D eigenvalue weighted by Crippen LogP contribution is 2.28. The van der Waals surface area contributed by atoms with Gasteiger partial charge in [0, 0.05) is 23.2 Å². The topological polar surface area (TPSA) is 74.4 Å². The molecule has 8 heteroatoms. The third kappa shape index (κ3) is 3.52. The van der Waals surface area contributed by atoms with E-state index in [-0.39, 0.29) is 12.4 Å². The number of nitrogens with zero attached hydrogens (tertiary/aromatic N) is 5. The van der Waals surface area contributed by atoms with E-state index in [1.54, 1.807) is 42.9 Å². The summed E-state index contributed by atoms with van der Waals surface area (Å²) >= 11 is 0. The summed E-state index contributed by atoms with van der Waals surface area (Å²) in [5, 5.41) is 13.9. The third-order valence-electron chi connectivity index (χ3n) is 5.05. The Labute approximate surface area is 177 Å². The summed E-state index contributed by atoms with van der Waals surface area (Å²) in [4.78, 5) is 4.37. The maximum absolute atomic E-state index is 13.6. The lowest BCUT2D eigenvalue weighted by atomic mass is 10.1. The lowest BCUT2D eigenvalue weighted by molar-refractivity contribution is 0.296. The zero-order valence-corrected chi connectivity index (χ0v) is 16.9. The highest BCUT2D eigenvalue weighted by molar-refractivity contribution is 5.85. The minimum Gasteiger partial charge on any atom is -0.497 e. The minimum absolute atomic E-state index is 0.172. The molecule has 3 aromatic heterocycles. The first kappa shape index (κ1) is 18.9. The smallest absolute Gasteiger partial charge is 0.192 e. The second-order valence-electron chi connectivity index (χ2n) is 7.05. The molecule has 0 unspecified atom stereocenters. The van der Waals surface area contributed by atoms with Crippen molar-refractivity contribution in [2.45, 2.75) is 13.5 Å². The molecule has 0 aliphatic carbocycles. The van der Waals surface area contributed by atoms with Crippen molar-refractivity contribution in [1.82, 2.24) is 24.8 Å². The van der Waals surface area contributed by atoms with Crippen LogP contribution in [0.1, 0.15) is 11.4 Å². The lowest BCUT2D eigenvalue weighted by Gasteiger charge is -2.09. The molecule has 154 valence electrons.